The molecule has 0 N–H and O–H groups in total. The molecule has 1 aromatic heterocycles. The molecule has 26 heavy (non-hydrogen) atoms. The number of rotatable bonds is 5. The molecule has 0 saturated carbocycles. The van der Waals surface area contributed by atoms with Crippen LogP contribution in [-0.2, 0) is 11.3 Å². The van der Waals surface area contributed by atoms with Crippen molar-refractivity contribution in [3.05, 3.63) is 55.7 Å². The zero-order valence-corrected chi connectivity index (χ0v) is 17.8. The van der Waals surface area contributed by atoms with E-state index in [0.29, 0.717) is 20.6 Å². The highest BCUT2D eigenvalue weighted by Gasteiger charge is 2.09. The van der Waals surface area contributed by atoms with Crippen LogP contribution in [0.1, 0.15) is 13.3 Å². The van der Waals surface area contributed by atoms with E-state index in [0.717, 1.165) is 27.7 Å². The smallest absolute Gasteiger partial charge is 0.286 e. The zero-order chi connectivity index (χ0) is 18.7. The molecule has 0 bridgehead atoms. The number of amides is 1. The van der Waals surface area contributed by atoms with E-state index in [9.17, 15) is 4.79 Å². The number of halogens is 3. The van der Waals surface area contributed by atoms with Gasteiger partial charge in [0.2, 0.25) is 0 Å². The highest BCUT2D eigenvalue weighted by Crippen LogP contribution is 2.27. The number of fused-ring (bicyclic) bond motifs is 1. The summed E-state index contributed by atoms with van der Waals surface area (Å²) in [4.78, 5) is 17.2. The molecular weight excluding hydrogens is 459 g/mol. The maximum atomic E-state index is 12.3. The normalized spacial score (nSPS) is 11.9. The lowest BCUT2D eigenvalue weighted by Gasteiger charge is -2.06. The number of nitrogens with zero attached hydrogens (tertiary/aromatic N) is 2. The predicted octanol–water partition coefficient (Wildman–Crippen LogP) is 5.69. The molecule has 1 heterocycles. The molecule has 3 aromatic rings. The predicted molar refractivity (Wildman–Crippen MR) is 110 cm³/mol. The number of benzene rings is 2. The molecule has 0 radical (unpaired) electrons. The monoisotopic (exact) mass is 472 g/mol. The molecule has 0 aliphatic carbocycles. The largest absolute Gasteiger partial charge is 0.482 e. The molecule has 0 spiro atoms. The van der Waals surface area contributed by atoms with Gasteiger partial charge in [-0.3, -0.25) is 4.79 Å². The molecule has 0 saturated heterocycles. The summed E-state index contributed by atoms with van der Waals surface area (Å²) in [5.41, 5.74) is 1.06. The summed E-state index contributed by atoms with van der Waals surface area (Å²) in [5, 5.41) is 0.869. The maximum Gasteiger partial charge on any atom is 0.286 e. The quantitative estimate of drug-likeness (QED) is 0.477. The lowest BCUT2D eigenvalue weighted by atomic mass is 10.3. The van der Waals surface area contributed by atoms with Gasteiger partial charge in [-0.05, 0) is 42.8 Å². The van der Waals surface area contributed by atoms with Crippen LogP contribution in [0.5, 0.6) is 5.75 Å². The van der Waals surface area contributed by atoms with E-state index in [4.69, 9.17) is 27.9 Å². The van der Waals surface area contributed by atoms with Crippen molar-refractivity contribution in [2.24, 2.45) is 4.99 Å². The molecule has 3 rings (SSSR count). The van der Waals surface area contributed by atoms with Gasteiger partial charge in [-0.25, -0.2) is 0 Å². The molecule has 0 aliphatic rings. The Morgan fingerprint density at radius 3 is 2.81 bits per heavy atom. The van der Waals surface area contributed by atoms with Gasteiger partial charge in [-0.1, -0.05) is 57.4 Å². The van der Waals surface area contributed by atoms with E-state index in [2.05, 4.69) is 32.4 Å². The van der Waals surface area contributed by atoms with Crippen molar-refractivity contribution in [1.29, 1.82) is 0 Å². The standard InChI is InChI=1S/C18H15BrCl2N2O2S/c1-2-7-23-14-5-3-11(19)8-16(14)26-18(23)22-17(24)10-25-15-6-4-12(20)9-13(15)21/h3-6,8-9H,2,7,10H2,1H3. The first-order chi connectivity index (χ1) is 12.5. The van der Waals surface area contributed by atoms with E-state index in [-0.39, 0.29) is 12.5 Å². The zero-order valence-electron chi connectivity index (χ0n) is 13.8. The Bertz CT molecular complexity index is 1030. The molecule has 0 aliphatic heterocycles. The van der Waals surface area contributed by atoms with E-state index < -0.39 is 0 Å². The Kier molecular flexibility index (Phi) is 6.40. The molecular formula is C18H15BrCl2N2O2S. The minimum Gasteiger partial charge on any atom is -0.482 e. The number of carbonyl (C=O) groups excluding carboxylic acids is 1. The highest BCUT2D eigenvalue weighted by molar-refractivity contribution is 9.10. The summed E-state index contributed by atoms with van der Waals surface area (Å²) in [5.74, 6) is 0.0350. The van der Waals surface area contributed by atoms with Gasteiger partial charge < -0.3 is 9.30 Å². The average Bonchev–Trinajstić information content (AvgIpc) is 2.91. The number of carbonyl (C=O) groups is 1. The molecule has 4 nitrogen and oxygen atoms in total. The fourth-order valence-corrected chi connectivity index (χ4v) is 4.53. The Morgan fingerprint density at radius 2 is 2.08 bits per heavy atom. The van der Waals surface area contributed by atoms with Crippen LogP contribution in [0.3, 0.4) is 0 Å². The van der Waals surface area contributed by atoms with Gasteiger partial charge in [0, 0.05) is 16.0 Å². The van der Waals surface area contributed by atoms with Crippen LogP contribution in [0.4, 0.5) is 0 Å². The van der Waals surface area contributed by atoms with Crippen LogP contribution in [0.2, 0.25) is 10.0 Å². The van der Waals surface area contributed by atoms with Gasteiger partial charge in [-0.15, -0.1) is 0 Å². The Labute approximate surface area is 173 Å². The van der Waals surface area contributed by atoms with Gasteiger partial charge in [0.05, 0.1) is 15.2 Å². The first-order valence-corrected chi connectivity index (χ1v) is 10.3. The van der Waals surface area contributed by atoms with Crippen molar-refractivity contribution >= 4 is 66.6 Å². The SMILES string of the molecule is CCCn1c(=NC(=O)COc2ccc(Cl)cc2Cl)sc2cc(Br)ccc21. The van der Waals surface area contributed by atoms with Crippen molar-refractivity contribution in [3.63, 3.8) is 0 Å². The van der Waals surface area contributed by atoms with Crippen LogP contribution in [0.25, 0.3) is 10.2 Å². The first kappa shape index (κ1) is 19.4. The van der Waals surface area contributed by atoms with Crippen molar-refractivity contribution in [3.8, 4) is 5.75 Å². The first-order valence-electron chi connectivity index (χ1n) is 7.92. The second-order valence-electron chi connectivity index (χ2n) is 5.52. The molecule has 2 aromatic carbocycles. The number of aromatic nitrogens is 1. The second kappa shape index (κ2) is 8.57. The topological polar surface area (TPSA) is 43.6 Å². The van der Waals surface area contributed by atoms with E-state index >= 15 is 0 Å². The number of ether oxygens (including phenoxy) is 1. The lowest BCUT2D eigenvalue weighted by molar-refractivity contribution is -0.120. The van der Waals surface area contributed by atoms with Crippen molar-refractivity contribution in [2.45, 2.75) is 19.9 Å². The lowest BCUT2D eigenvalue weighted by Crippen LogP contribution is -2.19. The molecule has 8 heteroatoms. The summed E-state index contributed by atoms with van der Waals surface area (Å²) in [6, 6.07) is 10.9. The van der Waals surface area contributed by atoms with Crippen molar-refractivity contribution in [2.75, 3.05) is 6.61 Å². The van der Waals surface area contributed by atoms with E-state index in [1.54, 1.807) is 18.2 Å². The van der Waals surface area contributed by atoms with Crippen molar-refractivity contribution in [1.82, 2.24) is 4.57 Å². The summed E-state index contributed by atoms with van der Waals surface area (Å²) in [7, 11) is 0. The van der Waals surface area contributed by atoms with Gasteiger partial charge in [0.1, 0.15) is 5.75 Å². The van der Waals surface area contributed by atoms with Crippen LogP contribution < -0.4 is 9.54 Å². The Hall–Kier alpha value is -1.34. The summed E-state index contributed by atoms with van der Waals surface area (Å²) in [6.07, 6.45) is 0.945. The van der Waals surface area contributed by atoms with Crippen molar-refractivity contribution < 1.29 is 9.53 Å². The Morgan fingerprint density at radius 1 is 1.27 bits per heavy atom. The average molecular weight is 474 g/mol. The molecule has 0 unspecified atom stereocenters. The summed E-state index contributed by atoms with van der Waals surface area (Å²) in [6.45, 7) is 2.69. The van der Waals surface area contributed by atoms with E-state index in [1.165, 1.54) is 11.3 Å². The minimum atomic E-state index is -0.369. The van der Waals surface area contributed by atoms with Gasteiger partial charge in [0.15, 0.2) is 11.4 Å². The van der Waals surface area contributed by atoms with Crippen LogP contribution >= 0.6 is 50.5 Å². The van der Waals surface area contributed by atoms with Gasteiger partial charge in [-0.2, -0.15) is 4.99 Å². The summed E-state index contributed by atoms with van der Waals surface area (Å²) < 4.78 is 9.59. The number of thiazole rings is 1. The third-order valence-electron chi connectivity index (χ3n) is 3.56. The van der Waals surface area contributed by atoms with Gasteiger partial charge in [0.25, 0.3) is 5.91 Å². The number of aryl methyl sites for hydroxylation is 1. The fraction of sp³-hybridized carbons (Fsp3) is 0.222. The number of hydrogen-bond acceptors (Lipinski definition) is 3. The van der Waals surface area contributed by atoms with Crippen LogP contribution in [-0.4, -0.2) is 17.1 Å². The summed E-state index contributed by atoms with van der Waals surface area (Å²) >= 11 is 16.9. The molecule has 136 valence electrons. The molecule has 0 fully saturated rings. The highest BCUT2D eigenvalue weighted by atomic mass is 79.9. The van der Waals surface area contributed by atoms with Crippen LogP contribution in [0.15, 0.2) is 45.9 Å². The third kappa shape index (κ3) is 4.49. The molecule has 0 atom stereocenters. The Balaban J connectivity index is 1.86. The molecule has 1 amide bonds. The fourth-order valence-electron chi connectivity index (χ4n) is 2.44. The maximum absolute atomic E-state index is 12.3. The second-order valence-corrected chi connectivity index (χ2v) is 8.29. The van der Waals surface area contributed by atoms with E-state index in [1.807, 2.05) is 18.2 Å². The third-order valence-corrected chi connectivity index (χ3v) is 5.62. The number of hydrogen-bond donors (Lipinski definition) is 0. The van der Waals surface area contributed by atoms with Crippen LogP contribution in [0, 0.1) is 0 Å². The van der Waals surface area contributed by atoms with Gasteiger partial charge >= 0.3 is 0 Å². The minimum absolute atomic E-state index is 0.189.